The molecule has 20 nitrogen and oxygen atoms in total. The average molecular weight is 1150 g/mol. The zero-order valence-corrected chi connectivity index (χ0v) is 45.1. The van der Waals surface area contributed by atoms with Gasteiger partial charge in [0.15, 0.2) is 11.6 Å². The van der Waals surface area contributed by atoms with Gasteiger partial charge in [0.25, 0.3) is 0 Å². The number of aliphatic carboxylic acids is 1. The van der Waals surface area contributed by atoms with E-state index in [9.17, 15) is 28.8 Å². The van der Waals surface area contributed by atoms with Crippen LogP contribution in [0.5, 0.6) is 0 Å². The summed E-state index contributed by atoms with van der Waals surface area (Å²) in [7, 11) is 0. The minimum absolute atomic E-state index is 0.0225. The number of carbonyl (C=O) groups is 6. The van der Waals surface area contributed by atoms with Gasteiger partial charge in [-0.2, -0.15) is 0 Å². The molecule has 6 aromatic heterocycles. The molecule has 8 rings (SSSR count). The van der Waals surface area contributed by atoms with E-state index in [1.54, 1.807) is 76.6 Å². The molecule has 22 heteroatoms. The number of aromatic nitrogens is 8. The number of carboxylic acids is 1. The number of hydrogen-bond acceptors (Lipinski definition) is 14. The maximum absolute atomic E-state index is 13.3. The van der Waals surface area contributed by atoms with E-state index in [2.05, 4.69) is 96.9 Å². The average Bonchev–Trinajstić information content (AvgIpc) is 3.90. The molecule has 0 aliphatic heterocycles. The first kappa shape index (κ1) is 56.1. The molecule has 0 unspecified atom stereocenters. The van der Waals surface area contributed by atoms with Gasteiger partial charge >= 0.3 is 5.97 Å². The van der Waals surface area contributed by atoms with Crippen molar-refractivity contribution in [3.63, 3.8) is 0 Å². The Morgan fingerprint density at radius 3 is 1.48 bits per heavy atom. The van der Waals surface area contributed by atoms with Crippen molar-refractivity contribution >= 4 is 123 Å². The van der Waals surface area contributed by atoms with Crippen LogP contribution < -0.4 is 21.3 Å². The van der Waals surface area contributed by atoms with Gasteiger partial charge in [0, 0.05) is 69.2 Å². The number of carbonyl (C=O) groups excluding carboxylic acids is 5. The maximum atomic E-state index is 13.3. The Morgan fingerprint density at radius 1 is 0.613 bits per heavy atom. The molecule has 0 radical (unpaired) electrons. The lowest BCUT2D eigenvalue weighted by Gasteiger charge is -2.26. The number of amides is 3. The summed E-state index contributed by atoms with van der Waals surface area (Å²) in [6.45, 7) is 10.5. The molecule has 0 fully saturated rings. The minimum atomic E-state index is -0.958. The SMILES string of the molecule is CC(=O)c1cn(CC(=O)N(CC(=O)Nc2cccc(Br)n2)C(C)C)c2ccc(Nc3cncnc3)cc12.CC(=O)c1cn(CC(=O)O)c2ccc(Nc3cncnc3)cc12.CC(C)CCC(=O)Nc1cccc(Br)n1. The highest BCUT2D eigenvalue weighted by atomic mass is 79.9. The third-order valence-corrected chi connectivity index (χ3v) is 11.9. The zero-order valence-electron chi connectivity index (χ0n) is 41.9. The lowest BCUT2D eigenvalue weighted by atomic mass is 10.1. The number of rotatable bonds is 18. The molecule has 8 aromatic rings. The molecule has 0 saturated heterocycles. The largest absolute Gasteiger partial charge is 0.480 e. The van der Waals surface area contributed by atoms with Crippen LogP contribution in [0.2, 0.25) is 0 Å². The van der Waals surface area contributed by atoms with E-state index < -0.39 is 5.97 Å². The Labute approximate surface area is 449 Å². The highest BCUT2D eigenvalue weighted by molar-refractivity contribution is 9.10. The molecule has 0 aliphatic carbocycles. The first-order chi connectivity index (χ1) is 35.8. The Hall–Kier alpha value is -8.24. The van der Waals surface area contributed by atoms with Gasteiger partial charge in [-0.15, -0.1) is 0 Å². The van der Waals surface area contributed by atoms with Crippen molar-refractivity contribution in [2.75, 3.05) is 27.8 Å². The van der Waals surface area contributed by atoms with E-state index in [1.165, 1.54) is 31.4 Å². The van der Waals surface area contributed by atoms with Crippen molar-refractivity contribution in [1.82, 2.24) is 43.9 Å². The monoisotopic (exact) mass is 1140 g/mol. The number of fused-ring (bicyclic) bond motifs is 2. The van der Waals surface area contributed by atoms with Gasteiger partial charge in [0.05, 0.1) is 36.2 Å². The van der Waals surface area contributed by atoms with Gasteiger partial charge in [0.1, 0.15) is 53.1 Å². The second-order valence-corrected chi connectivity index (χ2v) is 19.3. The van der Waals surface area contributed by atoms with Crippen molar-refractivity contribution in [2.24, 2.45) is 5.92 Å². The summed E-state index contributed by atoms with van der Waals surface area (Å²) in [6.07, 6.45) is 14.2. The highest BCUT2D eigenvalue weighted by Gasteiger charge is 2.23. The number of nitrogens with one attached hydrogen (secondary N) is 4. The second kappa shape index (κ2) is 26.6. The molecule has 0 spiro atoms. The number of benzene rings is 2. The molecule has 0 atom stereocenters. The molecular formula is C53H55Br2N13O7. The van der Waals surface area contributed by atoms with Crippen LogP contribution in [0.25, 0.3) is 21.8 Å². The summed E-state index contributed by atoms with van der Waals surface area (Å²) in [5.41, 5.74) is 5.40. The fourth-order valence-electron chi connectivity index (χ4n) is 7.49. The third-order valence-electron chi connectivity index (χ3n) is 11.0. The predicted molar refractivity (Wildman–Crippen MR) is 294 cm³/mol. The second-order valence-electron chi connectivity index (χ2n) is 17.7. The van der Waals surface area contributed by atoms with Gasteiger partial charge < -0.3 is 40.4 Å². The Kier molecular flexibility index (Phi) is 19.9. The van der Waals surface area contributed by atoms with Crippen LogP contribution in [0.1, 0.15) is 75.1 Å². The maximum Gasteiger partial charge on any atom is 0.323 e. The number of Topliss-reactive ketones (excluding diaryl/α,β-unsaturated/α-hetero) is 2. The van der Waals surface area contributed by atoms with Crippen molar-refractivity contribution in [2.45, 2.75) is 73.5 Å². The molecule has 5 N–H and O–H groups in total. The summed E-state index contributed by atoms with van der Waals surface area (Å²) in [4.78, 5) is 98.3. The van der Waals surface area contributed by atoms with E-state index in [-0.39, 0.29) is 55.0 Å². The van der Waals surface area contributed by atoms with Crippen LogP contribution in [0, 0.1) is 5.92 Å². The Morgan fingerprint density at radius 2 is 1.07 bits per heavy atom. The third kappa shape index (κ3) is 16.6. The number of nitrogens with zero attached hydrogens (tertiary/aromatic N) is 9. The molecule has 0 aliphatic rings. The Balaban J connectivity index is 0.000000204. The molecule has 75 heavy (non-hydrogen) atoms. The zero-order chi connectivity index (χ0) is 54.2. The van der Waals surface area contributed by atoms with E-state index in [0.29, 0.717) is 56.3 Å². The van der Waals surface area contributed by atoms with E-state index in [1.807, 2.05) is 56.3 Å². The molecule has 388 valence electrons. The highest BCUT2D eigenvalue weighted by Crippen LogP contribution is 2.29. The van der Waals surface area contributed by atoms with E-state index in [0.717, 1.165) is 39.0 Å². The van der Waals surface area contributed by atoms with Crippen LogP contribution >= 0.6 is 31.9 Å². The number of carboxylic acid groups (broad SMARTS) is 1. The lowest BCUT2D eigenvalue weighted by molar-refractivity contribution is -0.137. The van der Waals surface area contributed by atoms with Crippen molar-refractivity contribution < 1.29 is 33.9 Å². The number of halogens is 2. The molecule has 0 saturated carbocycles. The first-order valence-electron chi connectivity index (χ1n) is 23.5. The van der Waals surface area contributed by atoms with Gasteiger partial charge in [0.2, 0.25) is 17.7 Å². The van der Waals surface area contributed by atoms with Crippen LogP contribution in [0.3, 0.4) is 0 Å². The van der Waals surface area contributed by atoms with Gasteiger partial charge in [-0.25, -0.2) is 29.9 Å². The van der Waals surface area contributed by atoms with Gasteiger partial charge in [-0.05, 0) is 133 Å². The summed E-state index contributed by atoms with van der Waals surface area (Å²) >= 11 is 6.53. The minimum Gasteiger partial charge on any atom is -0.480 e. The molecule has 3 amide bonds. The summed E-state index contributed by atoms with van der Waals surface area (Å²) < 4.78 is 4.62. The number of anilines is 6. The van der Waals surface area contributed by atoms with E-state index >= 15 is 0 Å². The van der Waals surface area contributed by atoms with Gasteiger partial charge in [-0.3, -0.25) is 28.8 Å². The van der Waals surface area contributed by atoms with Gasteiger partial charge in [-0.1, -0.05) is 26.0 Å². The standard InChI is InChI=1S/C26H26BrN7O3.C16H14N4O3.C11H15BrN2O/c1-16(2)34(13-25(36)32-24-6-4-5-23(27)31-24)26(37)14-33-12-21(17(3)35)20-9-18(7-8-22(20)33)30-19-10-28-15-29-11-19;1-10(21)14-7-20(8-16(22)23)15-3-2-11(4-13(14)15)19-12-5-17-9-18-6-12;1-8(2)6-7-11(15)14-10-5-3-4-9(12)13-10/h4-12,15-16,30H,13-14H2,1-3H3,(H,31,32,36);2-7,9,19H,8H2,1H3,(H,22,23);3-5,8H,6-7H2,1-2H3,(H,13,14,15). The van der Waals surface area contributed by atoms with Crippen LogP contribution in [0.4, 0.5) is 34.4 Å². The van der Waals surface area contributed by atoms with Crippen LogP contribution in [-0.4, -0.2) is 96.9 Å². The summed E-state index contributed by atoms with van der Waals surface area (Å²) in [5, 5.41) is 22.3. The Bertz CT molecular complexity index is 3310. The lowest BCUT2D eigenvalue weighted by Crippen LogP contribution is -2.43. The van der Waals surface area contributed by atoms with Crippen molar-refractivity contribution in [3.05, 3.63) is 143 Å². The molecular weight excluding hydrogens is 1090 g/mol. The number of ketones is 2. The van der Waals surface area contributed by atoms with E-state index in [4.69, 9.17) is 5.11 Å². The van der Waals surface area contributed by atoms with Crippen LogP contribution in [0.15, 0.2) is 132 Å². The first-order valence-corrected chi connectivity index (χ1v) is 25.1. The summed E-state index contributed by atoms with van der Waals surface area (Å²) in [5.74, 6) is -0.223. The fraction of sp³-hybridized carbons (Fsp3) is 0.245. The smallest absolute Gasteiger partial charge is 0.323 e. The van der Waals surface area contributed by atoms with Crippen molar-refractivity contribution in [3.8, 4) is 0 Å². The molecule has 0 bridgehead atoms. The molecule has 6 heterocycles. The predicted octanol–water partition coefficient (Wildman–Crippen LogP) is 10.1. The number of hydrogen-bond donors (Lipinski definition) is 5. The molecule has 2 aromatic carbocycles. The topological polar surface area (TPSA) is 261 Å². The summed E-state index contributed by atoms with van der Waals surface area (Å²) in [6, 6.07) is 21.4. The normalized spacial score (nSPS) is 10.7. The fourth-order valence-corrected chi connectivity index (χ4v) is 8.18. The van der Waals surface area contributed by atoms with Crippen LogP contribution in [-0.2, 0) is 32.3 Å². The van der Waals surface area contributed by atoms with Crippen molar-refractivity contribution in [1.29, 1.82) is 0 Å². The quantitative estimate of drug-likeness (QED) is 0.0395. The number of pyridine rings is 2.